The zero-order chi connectivity index (χ0) is 41.5. The van der Waals surface area contributed by atoms with Crippen molar-refractivity contribution in [3.63, 3.8) is 0 Å². The smallest absolute Gasteiger partial charge is 0.331 e. The van der Waals surface area contributed by atoms with Gasteiger partial charge in [0.05, 0.1) is 48.3 Å². The van der Waals surface area contributed by atoms with Crippen LogP contribution in [0, 0.1) is 34.5 Å². The Hall–Kier alpha value is -1.76. The van der Waals surface area contributed by atoms with Crippen molar-refractivity contribution in [2.75, 3.05) is 6.61 Å². The molecule has 0 amide bonds. The predicted molar refractivity (Wildman–Crippen MR) is 202 cm³/mol. The average molecular weight is 823 g/mol. The van der Waals surface area contributed by atoms with E-state index in [-0.39, 0.29) is 61.2 Å². The maximum absolute atomic E-state index is 12.8. The molecule has 8 aliphatic rings. The van der Waals surface area contributed by atoms with Crippen molar-refractivity contribution in [3.8, 4) is 0 Å². The second-order valence-electron chi connectivity index (χ2n) is 19.5. The average Bonchev–Trinajstić information content (AvgIpc) is 3.66. The second kappa shape index (κ2) is 16.2. The lowest BCUT2D eigenvalue weighted by Gasteiger charge is -2.63. The van der Waals surface area contributed by atoms with Gasteiger partial charge in [-0.05, 0) is 94.5 Å². The fraction of sp³-hybridized carbons (Fsp3) is 0.907. The molecule has 0 spiro atoms. The molecular formula is C43H66O15. The minimum Gasteiger partial charge on any atom is -0.462 e. The van der Waals surface area contributed by atoms with E-state index in [4.69, 9.17) is 37.9 Å². The van der Waals surface area contributed by atoms with E-state index in [1.165, 1.54) is 13.0 Å². The molecule has 7 fully saturated rings. The van der Waals surface area contributed by atoms with Crippen LogP contribution in [0.5, 0.6) is 0 Å². The minimum absolute atomic E-state index is 0.00291. The van der Waals surface area contributed by atoms with Crippen LogP contribution in [0.3, 0.4) is 0 Å². The van der Waals surface area contributed by atoms with E-state index in [1.54, 1.807) is 13.8 Å². The first-order valence-corrected chi connectivity index (χ1v) is 21.8. The second-order valence-corrected chi connectivity index (χ2v) is 19.5. The number of aliphatic hydroxyl groups is 5. The van der Waals surface area contributed by atoms with Gasteiger partial charge in [-0.3, -0.25) is 4.79 Å². The van der Waals surface area contributed by atoms with Crippen molar-refractivity contribution < 1.29 is 73.0 Å². The first-order chi connectivity index (χ1) is 27.4. The molecule has 58 heavy (non-hydrogen) atoms. The summed E-state index contributed by atoms with van der Waals surface area (Å²) in [6, 6.07) is 0. The monoisotopic (exact) mass is 822 g/mol. The molecule has 15 heteroatoms. The maximum atomic E-state index is 12.8. The lowest BCUT2D eigenvalue weighted by Crippen LogP contribution is -2.62. The van der Waals surface area contributed by atoms with Crippen LogP contribution in [0.2, 0.25) is 0 Å². The Balaban J connectivity index is 0.848. The van der Waals surface area contributed by atoms with Gasteiger partial charge in [0.1, 0.15) is 31.0 Å². The van der Waals surface area contributed by atoms with E-state index in [2.05, 4.69) is 13.8 Å². The molecule has 0 radical (unpaired) electrons. The summed E-state index contributed by atoms with van der Waals surface area (Å²) in [6.45, 7) is 11.3. The number of hydrogen-bond acceptors (Lipinski definition) is 15. The van der Waals surface area contributed by atoms with Crippen LogP contribution in [0.15, 0.2) is 11.6 Å². The van der Waals surface area contributed by atoms with Gasteiger partial charge in [-0.25, -0.2) is 4.79 Å². The highest BCUT2D eigenvalue weighted by Gasteiger charge is 2.71. The van der Waals surface area contributed by atoms with Gasteiger partial charge in [-0.15, -0.1) is 0 Å². The van der Waals surface area contributed by atoms with Gasteiger partial charge in [-0.1, -0.05) is 13.8 Å². The van der Waals surface area contributed by atoms with Crippen molar-refractivity contribution >= 4 is 11.9 Å². The van der Waals surface area contributed by atoms with Gasteiger partial charge < -0.3 is 63.4 Å². The van der Waals surface area contributed by atoms with Crippen LogP contribution in [0.25, 0.3) is 0 Å². The zero-order valence-electron chi connectivity index (χ0n) is 34.8. The third-order valence-corrected chi connectivity index (χ3v) is 16.1. The van der Waals surface area contributed by atoms with Crippen molar-refractivity contribution in [1.82, 2.24) is 0 Å². The topological polar surface area (TPSA) is 209 Å². The van der Waals surface area contributed by atoms with E-state index >= 15 is 0 Å². The SMILES string of the molecule is CC(=O)OC1CC2(O)C3CCC4CC(O[C@H]5C[C@H](O)C(OC6C[C@H](O)C(OC7C[C@H](O)[C@H](O)[C@@H](C)O7)[C@@H](C)O6)[C@@H](C)O5)CC[C@]4(C)C3CC[C@]2(C)C1C1=CC(=O)OC1. The van der Waals surface area contributed by atoms with Gasteiger partial charge in [-0.2, -0.15) is 0 Å². The normalized spacial score (nSPS) is 53.2. The molecule has 3 saturated heterocycles. The zero-order valence-corrected chi connectivity index (χ0v) is 34.8. The van der Waals surface area contributed by atoms with E-state index in [0.717, 1.165) is 50.5 Å². The highest BCUT2D eigenvalue weighted by atomic mass is 16.7. The minimum atomic E-state index is -1.05. The van der Waals surface area contributed by atoms with Crippen LogP contribution in [-0.4, -0.2) is 136 Å². The summed E-state index contributed by atoms with van der Waals surface area (Å²) >= 11 is 0. The first-order valence-electron chi connectivity index (χ1n) is 21.8. The van der Waals surface area contributed by atoms with Crippen molar-refractivity contribution in [2.24, 2.45) is 34.5 Å². The lowest BCUT2D eigenvalue weighted by molar-refractivity contribution is -0.336. The number of aliphatic hydroxyl groups excluding tert-OH is 4. The maximum Gasteiger partial charge on any atom is 0.331 e. The Labute approximate surface area is 341 Å². The first kappa shape index (κ1) is 42.9. The number of carbonyl (C=O) groups excluding carboxylic acids is 2. The fourth-order valence-electron chi connectivity index (χ4n) is 13.2. The summed E-state index contributed by atoms with van der Waals surface area (Å²) in [5, 5.41) is 55.4. The van der Waals surface area contributed by atoms with E-state index < -0.39 is 90.9 Å². The van der Waals surface area contributed by atoms with Crippen LogP contribution < -0.4 is 0 Å². The molecule has 4 aliphatic carbocycles. The third-order valence-electron chi connectivity index (χ3n) is 16.1. The van der Waals surface area contributed by atoms with E-state index in [0.29, 0.717) is 18.3 Å². The van der Waals surface area contributed by atoms with Gasteiger partial charge >= 0.3 is 11.9 Å². The van der Waals surface area contributed by atoms with Gasteiger partial charge in [0.15, 0.2) is 18.9 Å². The molecule has 0 aromatic carbocycles. The highest BCUT2D eigenvalue weighted by Crippen LogP contribution is 2.70. The molecule has 8 rings (SSSR count). The number of cyclic esters (lactones) is 1. The summed E-state index contributed by atoms with van der Waals surface area (Å²) in [5.74, 6) is -0.330. The van der Waals surface area contributed by atoms with Crippen molar-refractivity contribution in [3.05, 3.63) is 11.6 Å². The lowest BCUT2D eigenvalue weighted by atomic mass is 9.43. The molecule has 21 atom stereocenters. The quantitative estimate of drug-likeness (QED) is 0.176. The van der Waals surface area contributed by atoms with Gasteiger partial charge in [0, 0.05) is 50.0 Å². The number of hydrogen-bond donors (Lipinski definition) is 5. The Morgan fingerprint density at radius 1 is 0.759 bits per heavy atom. The molecule has 4 saturated carbocycles. The summed E-state index contributed by atoms with van der Waals surface area (Å²) in [7, 11) is 0. The predicted octanol–water partition coefficient (Wildman–Crippen LogP) is 2.79. The van der Waals surface area contributed by atoms with E-state index in [9.17, 15) is 35.1 Å². The molecule has 5 N–H and O–H groups in total. The van der Waals surface area contributed by atoms with Crippen LogP contribution in [0.4, 0.5) is 0 Å². The van der Waals surface area contributed by atoms with Crippen LogP contribution >= 0.6 is 0 Å². The molecule has 0 aromatic rings. The summed E-state index contributed by atoms with van der Waals surface area (Å²) in [5.41, 5.74) is -0.805. The third kappa shape index (κ3) is 7.60. The molecule has 15 nitrogen and oxygen atoms in total. The van der Waals surface area contributed by atoms with Crippen LogP contribution in [-0.2, 0) is 47.5 Å². The Kier molecular flexibility index (Phi) is 12.0. The Morgan fingerprint density at radius 2 is 1.36 bits per heavy atom. The van der Waals surface area contributed by atoms with Gasteiger partial charge in [0.25, 0.3) is 0 Å². The number of carbonyl (C=O) groups is 2. The molecule has 4 heterocycles. The number of rotatable bonds is 8. The highest BCUT2D eigenvalue weighted by molar-refractivity contribution is 5.85. The van der Waals surface area contributed by atoms with Crippen LogP contribution in [0.1, 0.15) is 112 Å². The van der Waals surface area contributed by atoms with Gasteiger partial charge in [0.2, 0.25) is 0 Å². The Morgan fingerprint density at radius 3 is 1.93 bits per heavy atom. The summed E-state index contributed by atoms with van der Waals surface area (Å²) < 4.78 is 48.1. The molecule has 0 aromatic heterocycles. The number of ether oxygens (including phenoxy) is 8. The summed E-state index contributed by atoms with van der Waals surface area (Å²) in [6.07, 6.45) is -1.36. The number of esters is 2. The van der Waals surface area contributed by atoms with Crippen molar-refractivity contribution in [1.29, 1.82) is 0 Å². The molecule has 11 unspecified atom stereocenters. The molecular weight excluding hydrogens is 756 g/mol. The largest absolute Gasteiger partial charge is 0.462 e. The standard InChI is InChI=1S/C43H66O15/c1-20-38(49)29(45)15-35(52-20)57-40-22(3)54-36(17-31(40)47)58-39-21(2)53-34(16-30(39)46)56-26-9-11-41(5)25(14-26)7-8-28-27(41)10-12-42(6)37(24-13-33(48)51-19-24)32(55-23(4)44)18-43(28,42)50/h13,20-22,25-32,34-40,45-47,49-50H,7-12,14-19H2,1-6H3/t20-,21-,22-,25?,26?,27?,28?,29+,30+,31+,32?,34+,35?,36?,37?,38-,39?,40?,41+,42-,43?/m1/s1. The van der Waals surface area contributed by atoms with Crippen molar-refractivity contribution in [2.45, 2.75) is 204 Å². The van der Waals surface area contributed by atoms with E-state index in [1.807, 2.05) is 6.92 Å². The molecule has 328 valence electrons. The Bertz CT molecular complexity index is 1520. The number of fused-ring (bicyclic) bond motifs is 5. The summed E-state index contributed by atoms with van der Waals surface area (Å²) in [4.78, 5) is 24.4. The fourth-order valence-corrected chi connectivity index (χ4v) is 13.2. The molecule has 4 aliphatic heterocycles. The molecule has 0 bridgehead atoms.